The van der Waals surface area contributed by atoms with Crippen molar-refractivity contribution in [1.29, 1.82) is 0 Å². The molecular formula is C18H23NO. The molecule has 1 fully saturated rings. The zero-order valence-electron chi connectivity index (χ0n) is 12.1. The van der Waals surface area contributed by atoms with Crippen LogP contribution in [0.3, 0.4) is 0 Å². The molecule has 106 valence electrons. The summed E-state index contributed by atoms with van der Waals surface area (Å²) in [5.41, 5.74) is 1.00. The van der Waals surface area contributed by atoms with Crippen LogP contribution in [0, 0.1) is 11.8 Å². The first-order valence-corrected chi connectivity index (χ1v) is 7.80. The van der Waals surface area contributed by atoms with E-state index in [1.54, 1.807) is 0 Å². The Morgan fingerprint density at radius 2 is 2.10 bits per heavy atom. The molecule has 1 aliphatic rings. The fraction of sp³-hybridized carbons (Fsp3) is 0.500. The summed E-state index contributed by atoms with van der Waals surface area (Å²) in [5.74, 6) is 1.17. The number of aliphatic hydroxyl groups is 1. The van der Waals surface area contributed by atoms with Crippen LogP contribution in [-0.2, 0) is 0 Å². The van der Waals surface area contributed by atoms with Crippen molar-refractivity contribution in [3.63, 3.8) is 0 Å². The maximum atomic E-state index is 10.8. The molecule has 0 saturated heterocycles. The molecule has 1 N–H and O–H groups in total. The summed E-state index contributed by atoms with van der Waals surface area (Å²) in [6.07, 6.45) is 9.46. The summed E-state index contributed by atoms with van der Waals surface area (Å²) in [6, 6.07) is 8.21. The Balaban J connectivity index is 1.90. The smallest absolute Gasteiger partial charge is 0.0839 e. The molecule has 1 aliphatic carbocycles. The van der Waals surface area contributed by atoms with Crippen molar-refractivity contribution >= 4 is 10.8 Å². The van der Waals surface area contributed by atoms with Gasteiger partial charge in [-0.2, -0.15) is 0 Å². The highest BCUT2D eigenvalue weighted by atomic mass is 16.3. The van der Waals surface area contributed by atoms with Crippen LogP contribution in [0.2, 0.25) is 0 Å². The number of pyridine rings is 1. The van der Waals surface area contributed by atoms with Crippen molar-refractivity contribution in [2.75, 3.05) is 0 Å². The van der Waals surface area contributed by atoms with Gasteiger partial charge in [-0.05, 0) is 30.1 Å². The first-order valence-electron chi connectivity index (χ1n) is 7.80. The highest BCUT2D eigenvalue weighted by molar-refractivity contribution is 5.84. The normalized spacial score (nSPS) is 24.7. The summed E-state index contributed by atoms with van der Waals surface area (Å²) in [5, 5.41) is 13.1. The van der Waals surface area contributed by atoms with Crippen LogP contribution in [0.5, 0.6) is 0 Å². The average Bonchev–Trinajstić information content (AvgIpc) is 2.53. The molecule has 0 spiro atoms. The van der Waals surface area contributed by atoms with Gasteiger partial charge in [-0.3, -0.25) is 4.98 Å². The van der Waals surface area contributed by atoms with Crippen molar-refractivity contribution in [2.45, 2.75) is 45.1 Å². The van der Waals surface area contributed by atoms with E-state index in [4.69, 9.17) is 0 Å². The summed E-state index contributed by atoms with van der Waals surface area (Å²) in [6.45, 7) is 2.26. The minimum absolute atomic E-state index is 0.372. The second-order valence-corrected chi connectivity index (χ2v) is 6.10. The second kappa shape index (κ2) is 5.92. The van der Waals surface area contributed by atoms with Gasteiger partial charge < -0.3 is 5.11 Å². The quantitative estimate of drug-likeness (QED) is 0.891. The van der Waals surface area contributed by atoms with Crippen LogP contribution >= 0.6 is 0 Å². The third-order valence-electron chi connectivity index (χ3n) is 4.86. The molecule has 2 aromatic rings. The summed E-state index contributed by atoms with van der Waals surface area (Å²) in [4.78, 5) is 4.31. The van der Waals surface area contributed by atoms with E-state index in [2.05, 4.69) is 24.0 Å². The third-order valence-corrected chi connectivity index (χ3v) is 4.86. The average molecular weight is 269 g/mol. The van der Waals surface area contributed by atoms with Crippen LogP contribution in [0.15, 0.2) is 36.7 Å². The molecule has 3 atom stereocenters. The van der Waals surface area contributed by atoms with Gasteiger partial charge in [0.05, 0.1) is 6.10 Å². The largest absolute Gasteiger partial charge is 0.388 e. The molecule has 1 saturated carbocycles. The fourth-order valence-corrected chi connectivity index (χ4v) is 3.62. The van der Waals surface area contributed by atoms with E-state index in [1.807, 2.05) is 24.5 Å². The lowest BCUT2D eigenvalue weighted by molar-refractivity contribution is 0.0687. The van der Waals surface area contributed by atoms with E-state index in [1.165, 1.54) is 19.3 Å². The van der Waals surface area contributed by atoms with Gasteiger partial charge in [0.2, 0.25) is 0 Å². The molecule has 1 aromatic carbocycles. The number of hydrogen-bond donors (Lipinski definition) is 1. The van der Waals surface area contributed by atoms with E-state index in [9.17, 15) is 5.11 Å². The van der Waals surface area contributed by atoms with Crippen molar-refractivity contribution < 1.29 is 5.11 Å². The van der Waals surface area contributed by atoms with Crippen LogP contribution < -0.4 is 0 Å². The molecule has 2 nitrogen and oxygen atoms in total. The molecule has 0 aliphatic heterocycles. The first kappa shape index (κ1) is 13.6. The van der Waals surface area contributed by atoms with Gasteiger partial charge >= 0.3 is 0 Å². The Morgan fingerprint density at radius 3 is 2.95 bits per heavy atom. The van der Waals surface area contributed by atoms with Gasteiger partial charge in [-0.1, -0.05) is 50.5 Å². The van der Waals surface area contributed by atoms with E-state index in [0.717, 1.165) is 35.1 Å². The second-order valence-electron chi connectivity index (χ2n) is 6.10. The van der Waals surface area contributed by atoms with Gasteiger partial charge in [-0.25, -0.2) is 0 Å². The molecule has 0 amide bonds. The van der Waals surface area contributed by atoms with E-state index in [-0.39, 0.29) is 6.10 Å². The number of aliphatic hydroxyl groups excluding tert-OH is 1. The Labute approximate surface area is 120 Å². The van der Waals surface area contributed by atoms with Gasteiger partial charge in [0, 0.05) is 23.3 Å². The highest BCUT2D eigenvalue weighted by Crippen LogP contribution is 2.39. The zero-order valence-corrected chi connectivity index (χ0v) is 12.1. The van der Waals surface area contributed by atoms with Crippen molar-refractivity contribution in [3.8, 4) is 0 Å². The molecular weight excluding hydrogens is 246 g/mol. The number of nitrogens with zero attached hydrogens (tertiary/aromatic N) is 1. The van der Waals surface area contributed by atoms with E-state index < -0.39 is 0 Å². The summed E-state index contributed by atoms with van der Waals surface area (Å²) in [7, 11) is 0. The molecule has 0 radical (unpaired) electrons. The SMILES string of the molecule is CCC1CCCC(C(O)c2cncc3ccccc23)C1. The minimum Gasteiger partial charge on any atom is -0.388 e. The Hall–Kier alpha value is -1.41. The predicted molar refractivity (Wildman–Crippen MR) is 82.4 cm³/mol. The number of benzene rings is 1. The predicted octanol–water partition coefficient (Wildman–Crippen LogP) is 4.48. The number of aromatic nitrogens is 1. The van der Waals surface area contributed by atoms with Gasteiger partial charge in [0.25, 0.3) is 0 Å². The molecule has 3 rings (SSSR count). The minimum atomic E-state index is -0.372. The van der Waals surface area contributed by atoms with Crippen molar-refractivity contribution in [1.82, 2.24) is 4.98 Å². The Kier molecular flexibility index (Phi) is 4.02. The molecule has 1 aromatic heterocycles. The molecule has 3 unspecified atom stereocenters. The van der Waals surface area contributed by atoms with E-state index >= 15 is 0 Å². The number of hydrogen-bond acceptors (Lipinski definition) is 2. The fourth-order valence-electron chi connectivity index (χ4n) is 3.62. The highest BCUT2D eigenvalue weighted by Gasteiger charge is 2.28. The maximum Gasteiger partial charge on any atom is 0.0839 e. The van der Waals surface area contributed by atoms with Crippen LogP contribution in [0.25, 0.3) is 10.8 Å². The zero-order chi connectivity index (χ0) is 13.9. The Bertz CT molecular complexity index is 575. The van der Waals surface area contributed by atoms with Crippen molar-refractivity contribution in [3.05, 3.63) is 42.2 Å². The molecule has 1 heterocycles. The van der Waals surface area contributed by atoms with Crippen LogP contribution in [0.4, 0.5) is 0 Å². The summed E-state index contributed by atoms with van der Waals surface area (Å²) >= 11 is 0. The van der Waals surface area contributed by atoms with Gasteiger partial charge in [-0.15, -0.1) is 0 Å². The lowest BCUT2D eigenvalue weighted by atomic mass is 9.76. The lowest BCUT2D eigenvalue weighted by Crippen LogP contribution is -2.21. The number of fused-ring (bicyclic) bond motifs is 1. The standard InChI is InChI=1S/C18H23NO/c1-2-13-6-5-8-14(10-13)18(20)17-12-19-11-15-7-3-4-9-16(15)17/h3-4,7,9,11-14,18,20H,2,5-6,8,10H2,1H3. The molecule has 0 bridgehead atoms. The first-order chi connectivity index (χ1) is 9.79. The van der Waals surface area contributed by atoms with Crippen molar-refractivity contribution in [2.24, 2.45) is 11.8 Å². The number of rotatable bonds is 3. The maximum absolute atomic E-state index is 10.8. The third kappa shape index (κ3) is 2.57. The Morgan fingerprint density at radius 1 is 1.25 bits per heavy atom. The van der Waals surface area contributed by atoms with Crippen LogP contribution in [-0.4, -0.2) is 10.1 Å². The van der Waals surface area contributed by atoms with Gasteiger partial charge in [0.15, 0.2) is 0 Å². The van der Waals surface area contributed by atoms with Gasteiger partial charge in [0.1, 0.15) is 0 Å². The topological polar surface area (TPSA) is 33.1 Å². The summed E-state index contributed by atoms with van der Waals surface area (Å²) < 4.78 is 0. The van der Waals surface area contributed by atoms with E-state index in [0.29, 0.717) is 5.92 Å². The molecule has 2 heteroatoms. The van der Waals surface area contributed by atoms with Crippen LogP contribution in [0.1, 0.15) is 50.7 Å². The lowest BCUT2D eigenvalue weighted by Gasteiger charge is -2.32. The molecule has 20 heavy (non-hydrogen) atoms. The monoisotopic (exact) mass is 269 g/mol.